The second-order valence-electron chi connectivity index (χ2n) is 6.96. The molecule has 0 aliphatic rings. The van der Waals surface area contributed by atoms with E-state index in [0.717, 1.165) is 18.7 Å². The first-order chi connectivity index (χ1) is 13.1. The number of methoxy groups -OCH3 is 1. The number of amides is 1. The van der Waals surface area contributed by atoms with E-state index in [9.17, 15) is 4.79 Å². The summed E-state index contributed by atoms with van der Waals surface area (Å²) in [7, 11) is 1.69. The van der Waals surface area contributed by atoms with Crippen LogP contribution in [0.5, 0.6) is 5.75 Å². The molecule has 0 saturated carbocycles. The Kier molecular flexibility index (Phi) is 6.17. The second kappa shape index (κ2) is 8.76. The molecule has 0 bridgehead atoms. The zero-order valence-corrected chi connectivity index (χ0v) is 16.4. The third kappa shape index (κ3) is 4.51. The molecule has 1 amide bonds. The molecule has 1 unspecified atom stereocenters. The summed E-state index contributed by atoms with van der Waals surface area (Å²) in [5.41, 5.74) is 3.78. The lowest BCUT2D eigenvalue weighted by Crippen LogP contribution is -2.26. The minimum atomic E-state index is 0.0900. The molecule has 1 N–H and O–H groups in total. The van der Waals surface area contributed by atoms with Gasteiger partial charge in [0, 0.05) is 42.5 Å². The largest absolute Gasteiger partial charge is 0.497 e. The number of hydrogen-bond donors (Lipinski definition) is 1. The van der Waals surface area contributed by atoms with Crippen molar-refractivity contribution in [1.29, 1.82) is 0 Å². The lowest BCUT2D eigenvalue weighted by atomic mass is 10.0. The summed E-state index contributed by atoms with van der Waals surface area (Å²) in [6.07, 6.45) is 3.73. The molecule has 0 spiro atoms. The summed E-state index contributed by atoms with van der Waals surface area (Å²) >= 11 is 0. The molecule has 142 valence electrons. The summed E-state index contributed by atoms with van der Waals surface area (Å²) in [5.74, 6) is 1.18. The normalized spacial score (nSPS) is 12.1. The van der Waals surface area contributed by atoms with Crippen molar-refractivity contribution in [3.63, 3.8) is 0 Å². The summed E-state index contributed by atoms with van der Waals surface area (Å²) < 4.78 is 7.75. The predicted molar refractivity (Wildman–Crippen MR) is 110 cm³/mol. The van der Waals surface area contributed by atoms with Crippen LogP contribution in [0.15, 0.2) is 54.7 Å². The van der Waals surface area contributed by atoms with Crippen molar-refractivity contribution in [3.05, 3.63) is 65.9 Å². The Hall–Kier alpha value is -2.75. The number of aromatic nitrogens is 1. The fraction of sp³-hybridized carbons (Fsp3) is 0.348. The van der Waals surface area contributed by atoms with Crippen molar-refractivity contribution in [1.82, 2.24) is 9.88 Å². The van der Waals surface area contributed by atoms with Crippen molar-refractivity contribution in [2.75, 3.05) is 13.7 Å². The minimum absolute atomic E-state index is 0.0900. The van der Waals surface area contributed by atoms with Crippen molar-refractivity contribution in [3.8, 4) is 5.75 Å². The summed E-state index contributed by atoms with van der Waals surface area (Å²) in [5, 5.41) is 4.21. The molecule has 1 atom stereocenters. The minimum Gasteiger partial charge on any atom is -0.497 e. The molecule has 4 nitrogen and oxygen atoms in total. The summed E-state index contributed by atoms with van der Waals surface area (Å²) in [6.45, 7) is 5.59. The van der Waals surface area contributed by atoms with Crippen LogP contribution in [0.4, 0.5) is 0 Å². The molecule has 3 aromatic rings. The van der Waals surface area contributed by atoms with E-state index in [0.29, 0.717) is 13.0 Å². The van der Waals surface area contributed by atoms with Gasteiger partial charge in [0.1, 0.15) is 5.75 Å². The molecule has 1 heterocycles. The van der Waals surface area contributed by atoms with Crippen LogP contribution in [0.25, 0.3) is 10.9 Å². The maximum atomic E-state index is 11.6. The van der Waals surface area contributed by atoms with E-state index < -0.39 is 0 Å². The van der Waals surface area contributed by atoms with Crippen molar-refractivity contribution in [2.45, 2.75) is 39.2 Å². The van der Waals surface area contributed by atoms with E-state index in [1.807, 2.05) is 19.1 Å². The summed E-state index contributed by atoms with van der Waals surface area (Å²) in [4.78, 5) is 11.6. The Morgan fingerprint density at radius 1 is 1.19 bits per heavy atom. The molecule has 4 heteroatoms. The first-order valence-corrected chi connectivity index (χ1v) is 9.59. The van der Waals surface area contributed by atoms with Crippen LogP contribution >= 0.6 is 0 Å². The van der Waals surface area contributed by atoms with Gasteiger partial charge in [0.25, 0.3) is 0 Å². The number of fused-ring (bicyclic) bond motifs is 1. The number of nitrogens with zero attached hydrogens (tertiary/aromatic N) is 1. The number of benzene rings is 2. The molecular weight excluding hydrogens is 336 g/mol. The highest BCUT2D eigenvalue weighted by Gasteiger charge is 2.16. The first kappa shape index (κ1) is 19.0. The topological polar surface area (TPSA) is 43.3 Å². The van der Waals surface area contributed by atoms with Crippen LogP contribution in [-0.2, 0) is 17.8 Å². The van der Waals surface area contributed by atoms with Gasteiger partial charge < -0.3 is 14.6 Å². The number of carbonyl (C=O) groups excluding carboxylic acids is 1. The van der Waals surface area contributed by atoms with E-state index in [1.165, 1.54) is 22.0 Å². The number of aryl methyl sites for hydroxylation is 2. The Bertz CT molecular complexity index is 899. The third-order valence-corrected chi connectivity index (χ3v) is 5.06. The zero-order valence-electron chi connectivity index (χ0n) is 16.4. The maximum Gasteiger partial charge on any atom is 0.219 e. The monoisotopic (exact) mass is 364 g/mol. The van der Waals surface area contributed by atoms with E-state index >= 15 is 0 Å². The van der Waals surface area contributed by atoms with Gasteiger partial charge in [-0.3, -0.25) is 4.79 Å². The Balaban J connectivity index is 1.88. The number of carbonyl (C=O) groups is 1. The van der Waals surface area contributed by atoms with Gasteiger partial charge in [0.05, 0.1) is 7.11 Å². The highest BCUT2D eigenvalue weighted by Crippen LogP contribution is 2.31. The van der Waals surface area contributed by atoms with Gasteiger partial charge in [-0.05, 0) is 35.7 Å². The standard InChI is InChI=1S/C23H28N2O2/c1-4-23(26)24-15-17(2)21-16-25(13-12-18-8-6-5-7-9-18)22-11-10-19(27-3)14-20(21)22/h5-11,14,16-17H,4,12-13,15H2,1-3H3,(H,24,26). The average molecular weight is 364 g/mol. The molecule has 0 saturated heterocycles. The first-order valence-electron chi connectivity index (χ1n) is 9.59. The Morgan fingerprint density at radius 3 is 2.67 bits per heavy atom. The van der Waals surface area contributed by atoms with E-state index in [2.05, 4.69) is 59.4 Å². The third-order valence-electron chi connectivity index (χ3n) is 5.06. The molecule has 1 aromatic heterocycles. The highest BCUT2D eigenvalue weighted by atomic mass is 16.5. The average Bonchev–Trinajstić information content (AvgIpc) is 3.08. The van der Waals surface area contributed by atoms with Crippen LogP contribution < -0.4 is 10.1 Å². The highest BCUT2D eigenvalue weighted by molar-refractivity contribution is 5.86. The number of rotatable bonds is 8. The molecule has 3 rings (SSSR count). The smallest absolute Gasteiger partial charge is 0.219 e. The molecule has 0 fully saturated rings. The molecular formula is C23H28N2O2. The van der Waals surface area contributed by atoms with Gasteiger partial charge in [0.2, 0.25) is 5.91 Å². The molecule has 0 aliphatic carbocycles. The van der Waals surface area contributed by atoms with E-state index in [4.69, 9.17) is 4.74 Å². The second-order valence-corrected chi connectivity index (χ2v) is 6.96. The molecule has 27 heavy (non-hydrogen) atoms. The van der Waals surface area contributed by atoms with Crippen molar-refractivity contribution < 1.29 is 9.53 Å². The SMILES string of the molecule is CCC(=O)NCC(C)c1cn(CCc2ccccc2)c2ccc(OC)cc12. The van der Waals surface area contributed by atoms with Crippen LogP contribution in [0, 0.1) is 0 Å². The van der Waals surface area contributed by atoms with Crippen LogP contribution in [0.2, 0.25) is 0 Å². The number of hydrogen-bond acceptors (Lipinski definition) is 2. The predicted octanol–water partition coefficient (Wildman–Crippen LogP) is 4.52. The van der Waals surface area contributed by atoms with Gasteiger partial charge in [-0.25, -0.2) is 0 Å². The van der Waals surface area contributed by atoms with Gasteiger partial charge in [0.15, 0.2) is 0 Å². The lowest BCUT2D eigenvalue weighted by molar-refractivity contribution is -0.120. The number of nitrogens with one attached hydrogen (secondary N) is 1. The Morgan fingerprint density at radius 2 is 1.96 bits per heavy atom. The zero-order chi connectivity index (χ0) is 19.2. The van der Waals surface area contributed by atoms with Crippen LogP contribution in [0.1, 0.15) is 37.3 Å². The fourth-order valence-electron chi connectivity index (χ4n) is 3.40. The number of ether oxygens (including phenoxy) is 1. The van der Waals surface area contributed by atoms with Crippen LogP contribution in [-0.4, -0.2) is 24.1 Å². The molecule has 0 radical (unpaired) electrons. The fourth-order valence-corrected chi connectivity index (χ4v) is 3.40. The van der Waals surface area contributed by atoms with Gasteiger partial charge >= 0.3 is 0 Å². The maximum absolute atomic E-state index is 11.6. The lowest BCUT2D eigenvalue weighted by Gasteiger charge is -2.12. The van der Waals surface area contributed by atoms with E-state index in [1.54, 1.807) is 7.11 Å². The summed E-state index contributed by atoms with van der Waals surface area (Å²) in [6, 6.07) is 16.8. The van der Waals surface area contributed by atoms with Crippen LogP contribution in [0.3, 0.4) is 0 Å². The van der Waals surface area contributed by atoms with Crippen molar-refractivity contribution >= 4 is 16.8 Å². The quantitative estimate of drug-likeness (QED) is 0.638. The van der Waals surface area contributed by atoms with Gasteiger partial charge in [-0.2, -0.15) is 0 Å². The van der Waals surface area contributed by atoms with E-state index in [-0.39, 0.29) is 11.8 Å². The van der Waals surface area contributed by atoms with Crippen molar-refractivity contribution in [2.24, 2.45) is 0 Å². The molecule has 0 aliphatic heterocycles. The van der Waals surface area contributed by atoms with Gasteiger partial charge in [-0.15, -0.1) is 0 Å². The Labute approximate surface area is 161 Å². The molecule has 2 aromatic carbocycles. The van der Waals surface area contributed by atoms with Gasteiger partial charge in [-0.1, -0.05) is 44.2 Å².